The highest BCUT2D eigenvalue weighted by Crippen LogP contribution is 2.50. The van der Waals surface area contributed by atoms with Crippen molar-refractivity contribution >= 4 is 0 Å². The molecule has 2 rings (SSSR count). The fraction of sp³-hybridized carbons (Fsp3) is 0.625. The van der Waals surface area contributed by atoms with Crippen molar-refractivity contribution in [1.82, 2.24) is 0 Å². The predicted molar refractivity (Wildman–Crippen MR) is 79.6 cm³/mol. The highest BCUT2D eigenvalue weighted by atomic mass is 16.5. The molecule has 1 saturated carbocycles. The van der Waals surface area contributed by atoms with Gasteiger partial charge in [0, 0.05) is 17.9 Å². The van der Waals surface area contributed by atoms with Crippen LogP contribution < -0.4 is 19.9 Å². The summed E-state index contributed by atoms with van der Waals surface area (Å²) in [4.78, 5) is 0. The van der Waals surface area contributed by atoms with Crippen molar-refractivity contribution in [3.63, 3.8) is 0 Å². The van der Waals surface area contributed by atoms with E-state index in [1.165, 1.54) is 0 Å². The fourth-order valence-electron chi connectivity index (χ4n) is 3.25. The molecule has 0 bridgehead atoms. The summed E-state index contributed by atoms with van der Waals surface area (Å²) in [5, 5.41) is 0. The molecule has 4 heteroatoms. The van der Waals surface area contributed by atoms with Crippen molar-refractivity contribution in [3.05, 3.63) is 18.2 Å². The first kappa shape index (κ1) is 15.0. The second-order valence-corrected chi connectivity index (χ2v) is 5.38. The second-order valence-electron chi connectivity index (χ2n) is 5.38. The first-order valence-electron chi connectivity index (χ1n) is 7.26. The van der Waals surface area contributed by atoms with E-state index in [4.69, 9.17) is 19.9 Å². The molecule has 0 saturated heterocycles. The Bertz CT molecular complexity index is 435. The molecule has 1 aliphatic rings. The average molecular weight is 279 g/mol. The van der Waals surface area contributed by atoms with Gasteiger partial charge in [0.25, 0.3) is 0 Å². The average Bonchev–Trinajstić information content (AvgIpc) is 2.48. The van der Waals surface area contributed by atoms with Gasteiger partial charge in [0.05, 0.1) is 14.2 Å². The lowest BCUT2D eigenvalue weighted by Gasteiger charge is -2.53. The summed E-state index contributed by atoms with van der Waals surface area (Å²) in [5.41, 5.74) is 6.28. The minimum Gasteiger partial charge on any atom is -0.493 e. The van der Waals surface area contributed by atoms with E-state index in [-0.39, 0.29) is 17.6 Å². The summed E-state index contributed by atoms with van der Waals surface area (Å²) in [7, 11) is 3.28. The van der Waals surface area contributed by atoms with Crippen molar-refractivity contribution in [2.75, 3.05) is 14.2 Å². The van der Waals surface area contributed by atoms with Gasteiger partial charge in [-0.25, -0.2) is 0 Å². The molecule has 0 aliphatic heterocycles. The molecule has 1 aromatic rings. The number of nitrogens with two attached hydrogens (primary N) is 1. The molecule has 4 nitrogen and oxygen atoms in total. The topological polar surface area (TPSA) is 53.7 Å². The maximum atomic E-state index is 6.23. The lowest BCUT2D eigenvalue weighted by atomic mass is 9.59. The molecule has 2 atom stereocenters. The zero-order chi connectivity index (χ0) is 14.8. The van der Waals surface area contributed by atoms with E-state index in [2.05, 4.69) is 13.8 Å². The molecule has 1 aromatic carbocycles. The summed E-state index contributed by atoms with van der Waals surface area (Å²) in [5.74, 6) is 2.08. The highest BCUT2D eigenvalue weighted by Gasteiger charge is 2.52. The Hall–Kier alpha value is -1.42. The number of hydrogen-bond acceptors (Lipinski definition) is 4. The van der Waals surface area contributed by atoms with Crippen LogP contribution in [0.1, 0.15) is 33.1 Å². The van der Waals surface area contributed by atoms with Gasteiger partial charge in [-0.3, -0.25) is 0 Å². The minimum absolute atomic E-state index is 0.0614. The Labute approximate surface area is 121 Å². The monoisotopic (exact) mass is 279 g/mol. The van der Waals surface area contributed by atoms with Crippen LogP contribution in [0.25, 0.3) is 0 Å². The van der Waals surface area contributed by atoms with E-state index in [1.807, 2.05) is 18.2 Å². The Morgan fingerprint density at radius 3 is 2.10 bits per heavy atom. The van der Waals surface area contributed by atoms with Gasteiger partial charge in [-0.2, -0.15) is 0 Å². The van der Waals surface area contributed by atoms with Crippen molar-refractivity contribution < 1.29 is 14.2 Å². The van der Waals surface area contributed by atoms with Gasteiger partial charge in [0.2, 0.25) is 5.75 Å². The van der Waals surface area contributed by atoms with Crippen LogP contribution in [0.4, 0.5) is 0 Å². The molecule has 2 unspecified atom stereocenters. The normalized spacial score (nSPS) is 23.9. The Kier molecular flexibility index (Phi) is 4.43. The molecule has 112 valence electrons. The summed E-state index contributed by atoms with van der Waals surface area (Å²) < 4.78 is 17.0. The van der Waals surface area contributed by atoms with Crippen LogP contribution in [0.2, 0.25) is 0 Å². The summed E-state index contributed by atoms with van der Waals surface area (Å²) in [6.07, 6.45) is 3.04. The molecule has 2 N–H and O–H groups in total. The first-order chi connectivity index (χ1) is 9.62. The van der Waals surface area contributed by atoms with Crippen LogP contribution in [0.3, 0.4) is 0 Å². The number of para-hydroxylation sites is 1. The lowest BCUT2D eigenvalue weighted by molar-refractivity contribution is -0.0739. The third-order valence-corrected chi connectivity index (χ3v) is 4.81. The van der Waals surface area contributed by atoms with Crippen molar-refractivity contribution in [2.45, 2.75) is 45.3 Å². The van der Waals surface area contributed by atoms with Crippen LogP contribution >= 0.6 is 0 Å². The van der Waals surface area contributed by atoms with Crippen LogP contribution in [0.5, 0.6) is 17.2 Å². The second kappa shape index (κ2) is 5.92. The van der Waals surface area contributed by atoms with Gasteiger partial charge in [-0.1, -0.05) is 19.9 Å². The van der Waals surface area contributed by atoms with Crippen molar-refractivity contribution in [3.8, 4) is 17.2 Å². The van der Waals surface area contributed by atoms with Gasteiger partial charge in [-0.15, -0.1) is 0 Å². The van der Waals surface area contributed by atoms with E-state index in [0.29, 0.717) is 17.2 Å². The number of rotatable bonds is 6. The minimum atomic E-state index is 0.0614. The van der Waals surface area contributed by atoms with Gasteiger partial charge < -0.3 is 19.9 Å². The highest BCUT2D eigenvalue weighted by molar-refractivity contribution is 5.51. The van der Waals surface area contributed by atoms with Crippen LogP contribution in [-0.4, -0.2) is 26.4 Å². The van der Waals surface area contributed by atoms with Crippen molar-refractivity contribution in [1.29, 1.82) is 0 Å². The van der Waals surface area contributed by atoms with Crippen LogP contribution in [-0.2, 0) is 0 Å². The Morgan fingerprint density at radius 1 is 1.15 bits per heavy atom. The quantitative estimate of drug-likeness (QED) is 0.869. The Morgan fingerprint density at radius 2 is 1.70 bits per heavy atom. The van der Waals surface area contributed by atoms with E-state index in [9.17, 15) is 0 Å². The molecule has 1 fully saturated rings. The number of hydrogen-bond donors (Lipinski definition) is 1. The lowest BCUT2D eigenvalue weighted by Crippen LogP contribution is -2.62. The molecule has 20 heavy (non-hydrogen) atoms. The Balaban J connectivity index is 2.26. The summed E-state index contributed by atoms with van der Waals surface area (Å²) >= 11 is 0. The van der Waals surface area contributed by atoms with Gasteiger partial charge in [-0.05, 0) is 25.0 Å². The van der Waals surface area contributed by atoms with Crippen molar-refractivity contribution in [2.24, 2.45) is 11.1 Å². The smallest absolute Gasteiger partial charge is 0.203 e. The summed E-state index contributed by atoms with van der Waals surface area (Å²) in [6.45, 7) is 4.36. The zero-order valence-electron chi connectivity index (χ0n) is 12.8. The number of ether oxygens (including phenoxy) is 3. The largest absolute Gasteiger partial charge is 0.493 e. The van der Waals surface area contributed by atoms with E-state index in [1.54, 1.807) is 14.2 Å². The van der Waals surface area contributed by atoms with Crippen LogP contribution in [0, 0.1) is 5.41 Å². The first-order valence-corrected chi connectivity index (χ1v) is 7.26. The standard InChI is InChI=1S/C16H25NO3/c1-5-16(6-2)13(17)10-14(16)20-15-11(18-3)8-7-9-12(15)19-4/h7-9,13-14H,5-6,10,17H2,1-4H3. The maximum Gasteiger partial charge on any atom is 0.203 e. The van der Waals surface area contributed by atoms with Crippen LogP contribution in [0.15, 0.2) is 18.2 Å². The predicted octanol–water partition coefficient (Wildman–Crippen LogP) is 2.99. The van der Waals surface area contributed by atoms with E-state index in [0.717, 1.165) is 19.3 Å². The van der Waals surface area contributed by atoms with Gasteiger partial charge in [0.1, 0.15) is 6.10 Å². The van der Waals surface area contributed by atoms with Gasteiger partial charge in [0.15, 0.2) is 11.5 Å². The SMILES string of the molecule is CCC1(CC)C(N)CC1Oc1c(OC)cccc1OC. The molecule has 1 aliphatic carbocycles. The third kappa shape index (κ3) is 2.22. The van der Waals surface area contributed by atoms with E-state index < -0.39 is 0 Å². The summed E-state index contributed by atoms with van der Waals surface area (Å²) in [6, 6.07) is 5.87. The maximum absolute atomic E-state index is 6.23. The third-order valence-electron chi connectivity index (χ3n) is 4.81. The molecule has 0 heterocycles. The molecular weight excluding hydrogens is 254 g/mol. The van der Waals surface area contributed by atoms with Gasteiger partial charge >= 0.3 is 0 Å². The number of methoxy groups -OCH3 is 2. The van der Waals surface area contributed by atoms with E-state index >= 15 is 0 Å². The fourth-order valence-corrected chi connectivity index (χ4v) is 3.25. The zero-order valence-corrected chi connectivity index (χ0v) is 12.8. The molecule has 0 amide bonds. The molecular formula is C16H25NO3. The molecule has 0 aromatic heterocycles. The number of benzene rings is 1. The molecule has 0 spiro atoms. The molecule has 0 radical (unpaired) electrons.